The van der Waals surface area contributed by atoms with Gasteiger partial charge in [-0.15, -0.1) is 0 Å². The first-order valence-corrected chi connectivity index (χ1v) is 8.15. The highest BCUT2D eigenvalue weighted by atomic mass is 16.5. The van der Waals surface area contributed by atoms with E-state index in [0.717, 1.165) is 23.5 Å². The lowest BCUT2D eigenvalue weighted by Gasteiger charge is -2.22. The second kappa shape index (κ2) is 8.02. The van der Waals surface area contributed by atoms with Gasteiger partial charge in [0.25, 0.3) is 0 Å². The molecule has 0 aliphatic carbocycles. The van der Waals surface area contributed by atoms with Crippen LogP contribution in [0.5, 0.6) is 11.5 Å². The van der Waals surface area contributed by atoms with Crippen LogP contribution in [-0.2, 0) is 11.8 Å². The zero-order valence-corrected chi connectivity index (χ0v) is 14.3. The molecule has 0 atom stereocenters. The lowest BCUT2D eigenvalue weighted by molar-refractivity contribution is 0.213. The van der Waals surface area contributed by atoms with Crippen molar-refractivity contribution in [2.75, 3.05) is 19.8 Å². The van der Waals surface area contributed by atoms with Crippen molar-refractivity contribution >= 4 is 0 Å². The van der Waals surface area contributed by atoms with E-state index in [-0.39, 0.29) is 5.41 Å². The first-order chi connectivity index (χ1) is 11.0. The quantitative estimate of drug-likeness (QED) is 0.787. The highest BCUT2D eigenvalue weighted by Gasteiger charge is 2.18. The molecule has 124 valence electrons. The molecule has 0 radical (unpaired) electrons. The maximum absolute atomic E-state index is 5.94. The topological polar surface area (TPSA) is 44.5 Å². The van der Waals surface area contributed by atoms with Gasteiger partial charge in [0.1, 0.15) is 24.7 Å². The summed E-state index contributed by atoms with van der Waals surface area (Å²) in [4.78, 5) is 0. The minimum Gasteiger partial charge on any atom is -0.490 e. The Morgan fingerprint density at radius 2 is 1.39 bits per heavy atom. The molecule has 0 saturated heterocycles. The Bertz CT molecular complexity index is 617. The Balaban J connectivity index is 1.92. The third kappa shape index (κ3) is 5.00. The summed E-state index contributed by atoms with van der Waals surface area (Å²) in [6.45, 7) is 8.22. The van der Waals surface area contributed by atoms with E-state index in [1.807, 2.05) is 36.4 Å². The lowest BCUT2D eigenvalue weighted by Crippen LogP contribution is -2.16. The van der Waals surface area contributed by atoms with Crippen LogP contribution in [-0.4, -0.2) is 19.8 Å². The van der Waals surface area contributed by atoms with Gasteiger partial charge in [0.15, 0.2) is 0 Å². The summed E-state index contributed by atoms with van der Waals surface area (Å²) in [6.07, 6.45) is 0.823. The average Bonchev–Trinajstić information content (AvgIpc) is 2.53. The van der Waals surface area contributed by atoms with Gasteiger partial charge in [-0.25, -0.2) is 0 Å². The summed E-state index contributed by atoms with van der Waals surface area (Å²) in [5.41, 5.74) is 8.05. The van der Waals surface area contributed by atoms with E-state index < -0.39 is 0 Å². The molecule has 0 aromatic heterocycles. The molecule has 0 aliphatic rings. The number of para-hydroxylation sites is 2. The van der Waals surface area contributed by atoms with Crippen LogP contribution in [0.25, 0.3) is 0 Å². The van der Waals surface area contributed by atoms with E-state index in [1.54, 1.807) is 0 Å². The minimum absolute atomic E-state index is 0.0607. The molecule has 0 saturated carbocycles. The second-order valence-electron chi connectivity index (χ2n) is 6.59. The third-order valence-electron chi connectivity index (χ3n) is 3.68. The molecular weight excluding hydrogens is 286 g/mol. The van der Waals surface area contributed by atoms with Crippen LogP contribution in [0.2, 0.25) is 0 Å². The van der Waals surface area contributed by atoms with Crippen LogP contribution >= 0.6 is 0 Å². The van der Waals surface area contributed by atoms with Crippen LogP contribution in [0.3, 0.4) is 0 Å². The van der Waals surface area contributed by atoms with Gasteiger partial charge in [-0.1, -0.05) is 57.2 Å². The van der Waals surface area contributed by atoms with Gasteiger partial charge < -0.3 is 15.2 Å². The molecule has 0 heterocycles. The van der Waals surface area contributed by atoms with E-state index in [2.05, 4.69) is 32.9 Å². The van der Waals surface area contributed by atoms with Crippen LogP contribution in [0.4, 0.5) is 0 Å². The Morgan fingerprint density at radius 3 is 2.04 bits per heavy atom. The van der Waals surface area contributed by atoms with Crippen molar-refractivity contribution in [2.45, 2.75) is 32.6 Å². The molecule has 0 bridgehead atoms. The maximum Gasteiger partial charge on any atom is 0.123 e. The molecule has 23 heavy (non-hydrogen) atoms. The second-order valence-corrected chi connectivity index (χ2v) is 6.59. The molecule has 3 heteroatoms. The van der Waals surface area contributed by atoms with E-state index in [4.69, 9.17) is 15.2 Å². The van der Waals surface area contributed by atoms with Crippen molar-refractivity contribution in [2.24, 2.45) is 5.73 Å². The Hall–Kier alpha value is -2.00. The molecule has 0 amide bonds. The van der Waals surface area contributed by atoms with E-state index in [1.165, 1.54) is 5.56 Å². The van der Waals surface area contributed by atoms with Crippen molar-refractivity contribution in [3.05, 3.63) is 59.7 Å². The number of hydrogen-bond donors (Lipinski definition) is 1. The van der Waals surface area contributed by atoms with Gasteiger partial charge in [-0.2, -0.15) is 0 Å². The van der Waals surface area contributed by atoms with Crippen LogP contribution in [0.1, 0.15) is 31.9 Å². The number of hydrogen-bond acceptors (Lipinski definition) is 3. The first-order valence-electron chi connectivity index (χ1n) is 8.15. The summed E-state index contributed by atoms with van der Waals surface area (Å²) >= 11 is 0. The van der Waals surface area contributed by atoms with Crippen LogP contribution in [0, 0.1) is 0 Å². The van der Waals surface area contributed by atoms with E-state index >= 15 is 0 Å². The van der Waals surface area contributed by atoms with Crippen molar-refractivity contribution in [1.82, 2.24) is 0 Å². The predicted octanol–water partition coefficient (Wildman–Crippen LogP) is 3.94. The molecule has 0 fully saturated rings. The van der Waals surface area contributed by atoms with Crippen molar-refractivity contribution < 1.29 is 9.47 Å². The van der Waals surface area contributed by atoms with Crippen molar-refractivity contribution in [3.63, 3.8) is 0 Å². The van der Waals surface area contributed by atoms with Crippen LogP contribution < -0.4 is 15.2 Å². The van der Waals surface area contributed by atoms with Gasteiger partial charge >= 0.3 is 0 Å². The van der Waals surface area contributed by atoms with Crippen molar-refractivity contribution in [1.29, 1.82) is 0 Å². The molecule has 0 aliphatic heterocycles. The number of ether oxygens (including phenoxy) is 2. The molecule has 2 N–H and O–H groups in total. The standard InChI is InChI=1S/C20H27NO2/c1-20(2,3)17-9-5-7-11-19(17)23-15-14-22-18-10-6-4-8-16(18)12-13-21/h4-11H,12-15,21H2,1-3H3. The lowest BCUT2D eigenvalue weighted by atomic mass is 9.86. The number of rotatable bonds is 7. The zero-order valence-electron chi connectivity index (χ0n) is 14.3. The fourth-order valence-electron chi connectivity index (χ4n) is 2.52. The highest BCUT2D eigenvalue weighted by molar-refractivity contribution is 5.38. The van der Waals surface area contributed by atoms with E-state index in [0.29, 0.717) is 19.8 Å². The predicted molar refractivity (Wildman–Crippen MR) is 95.3 cm³/mol. The van der Waals surface area contributed by atoms with Crippen LogP contribution in [0.15, 0.2) is 48.5 Å². The SMILES string of the molecule is CC(C)(C)c1ccccc1OCCOc1ccccc1CCN. The normalized spacial score (nSPS) is 11.3. The summed E-state index contributed by atoms with van der Waals surface area (Å²) in [6, 6.07) is 16.2. The maximum atomic E-state index is 5.94. The first kappa shape index (κ1) is 17.4. The fraction of sp³-hybridized carbons (Fsp3) is 0.400. The Labute approximate surface area is 139 Å². The van der Waals surface area contributed by atoms with Gasteiger partial charge in [-0.3, -0.25) is 0 Å². The van der Waals surface area contributed by atoms with Crippen molar-refractivity contribution in [3.8, 4) is 11.5 Å². The molecule has 0 unspecified atom stereocenters. The smallest absolute Gasteiger partial charge is 0.123 e. The van der Waals surface area contributed by atoms with E-state index in [9.17, 15) is 0 Å². The Morgan fingerprint density at radius 1 is 0.826 bits per heavy atom. The molecule has 2 rings (SSSR count). The number of benzene rings is 2. The Kier molecular flexibility index (Phi) is 6.05. The zero-order chi connectivity index (χ0) is 16.7. The molecule has 2 aromatic carbocycles. The van der Waals surface area contributed by atoms with Gasteiger partial charge in [0.2, 0.25) is 0 Å². The highest BCUT2D eigenvalue weighted by Crippen LogP contribution is 2.30. The minimum atomic E-state index is 0.0607. The number of nitrogens with two attached hydrogens (primary N) is 1. The van der Waals surface area contributed by atoms with Gasteiger partial charge in [0.05, 0.1) is 0 Å². The summed E-state index contributed by atoms with van der Waals surface area (Å²) in [5, 5.41) is 0. The molecule has 2 aromatic rings. The summed E-state index contributed by atoms with van der Waals surface area (Å²) in [5.74, 6) is 1.82. The third-order valence-corrected chi connectivity index (χ3v) is 3.68. The molecule has 0 spiro atoms. The summed E-state index contributed by atoms with van der Waals surface area (Å²) in [7, 11) is 0. The molecular formula is C20H27NO2. The summed E-state index contributed by atoms with van der Waals surface area (Å²) < 4.78 is 11.8. The molecule has 3 nitrogen and oxygen atoms in total. The monoisotopic (exact) mass is 313 g/mol. The average molecular weight is 313 g/mol. The largest absolute Gasteiger partial charge is 0.490 e. The fourth-order valence-corrected chi connectivity index (χ4v) is 2.52. The van der Waals surface area contributed by atoms with Gasteiger partial charge in [-0.05, 0) is 41.6 Å². The van der Waals surface area contributed by atoms with Gasteiger partial charge in [0, 0.05) is 0 Å².